The molecule has 27 heavy (non-hydrogen) atoms. The van der Waals surface area contributed by atoms with E-state index in [9.17, 15) is 5.11 Å². The zero-order valence-corrected chi connectivity index (χ0v) is 15.2. The first-order valence-electron chi connectivity index (χ1n) is 8.68. The molecule has 2 aromatic rings. The summed E-state index contributed by atoms with van der Waals surface area (Å²) in [6, 6.07) is 18.4. The maximum Gasteiger partial charge on any atom is 0.184 e. The van der Waals surface area contributed by atoms with Crippen molar-refractivity contribution in [3.8, 4) is 0 Å². The van der Waals surface area contributed by atoms with Gasteiger partial charge in [-0.2, -0.15) is 0 Å². The van der Waals surface area contributed by atoms with Gasteiger partial charge in [-0.15, -0.1) is 0 Å². The highest BCUT2D eigenvalue weighted by Crippen LogP contribution is 2.39. The van der Waals surface area contributed by atoms with E-state index in [0.29, 0.717) is 0 Å². The molecule has 8 heteroatoms. The van der Waals surface area contributed by atoms with Gasteiger partial charge in [-0.25, -0.2) is 0 Å². The van der Waals surface area contributed by atoms with Gasteiger partial charge in [-0.3, -0.25) is 0 Å². The minimum absolute atomic E-state index is 0.288. The predicted octanol–water partition coefficient (Wildman–Crippen LogP) is 3.66. The molecule has 2 aliphatic rings. The molecule has 2 heterocycles. The van der Waals surface area contributed by atoms with Gasteiger partial charge in [0, 0.05) is 15.4 Å². The number of hydrogen-bond acceptors (Lipinski definition) is 6. The maximum atomic E-state index is 10.9. The Morgan fingerprint density at radius 2 is 1.74 bits per heavy atom. The fourth-order valence-corrected chi connectivity index (χ4v) is 4.41. The third kappa shape index (κ3) is 3.96. The van der Waals surface area contributed by atoms with Crippen LogP contribution in [0.15, 0.2) is 70.7 Å². The number of nitrogens with zero attached hydrogens (tertiary/aromatic N) is 3. The minimum atomic E-state index is -0.990. The van der Waals surface area contributed by atoms with Gasteiger partial charge in [0.25, 0.3) is 0 Å². The average Bonchev–Trinajstić information content (AvgIpc) is 2.72. The fourth-order valence-electron chi connectivity index (χ4n) is 3.27. The number of aliphatic hydroxyl groups excluding tert-OH is 1. The van der Waals surface area contributed by atoms with E-state index >= 15 is 0 Å². The monoisotopic (exact) mass is 385 g/mol. The van der Waals surface area contributed by atoms with Gasteiger partial charge in [-0.1, -0.05) is 65.4 Å². The molecule has 6 atom stereocenters. The van der Waals surface area contributed by atoms with Crippen molar-refractivity contribution < 1.29 is 19.3 Å². The van der Waals surface area contributed by atoms with E-state index in [2.05, 4.69) is 10.0 Å². The molecule has 2 aromatic carbocycles. The molecule has 0 radical (unpaired) electrons. The standard InChI is InChI=1S/C19H19N3O4S/c20-22-21-15-16(23)17-14(25-19(15)27-13-9-5-2-6-10-13)11-24-18(26-17)12-7-3-1-4-8-12/h1-10,14-19,23H,11H2/t14?,15?,16-,17-,18?,19+/m1/s1. The zero-order valence-electron chi connectivity index (χ0n) is 14.4. The van der Waals surface area contributed by atoms with Crippen molar-refractivity contribution in [2.45, 2.75) is 41.0 Å². The van der Waals surface area contributed by atoms with Crippen LogP contribution in [0.25, 0.3) is 10.4 Å². The second-order valence-electron chi connectivity index (χ2n) is 6.34. The van der Waals surface area contributed by atoms with Crippen LogP contribution in [-0.2, 0) is 14.2 Å². The van der Waals surface area contributed by atoms with Crippen molar-refractivity contribution in [1.29, 1.82) is 0 Å². The number of aliphatic hydroxyl groups is 1. The van der Waals surface area contributed by atoms with Crippen molar-refractivity contribution in [1.82, 2.24) is 0 Å². The molecular weight excluding hydrogens is 366 g/mol. The number of fused-ring (bicyclic) bond motifs is 1. The molecule has 7 nitrogen and oxygen atoms in total. The van der Waals surface area contributed by atoms with Crippen LogP contribution in [0.4, 0.5) is 0 Å². The molecule has 2 aliphatic heterocycles. The highest BCUT2D eigenvalue weighted by molar-refractivity contribution is 7.99. The Hall–Kier alpha value is -2.06. The van der Waals surface area contributed by atoms with Crippen LogP contribution in [-0.4, -0.2) is 41.5 Å². The van der Waals surface area contributed by atoms with Crippen LogP contribution in [0, 0.1) is 0 Å². The van der Waals surface area contributed by atoms with E-state index in [1.165, 1.54) is 11.8 Å². The highest BCUT2D eigenvalue weighted by atomic mass is 32.2. The van der Waals surface area contributed by atoms with Gasteiger partial charge in [-0.05, 0) is 17.7 Å². The number of rotatable bonds is 4. The van der Waals surface area contributed by atoms with Crippen LogP contribution >= 0.6 is 11.8 Å². The molecule has 0 spiro atoms. The first-order chi connectivity index (χ1) is 13.3. The smallest absolute Gasteiger partial charge is 0.184 e. The Balaban J connectivity index is 1.53. The van der Waals surface area contributed by atoms with Crippen LogP contribution < -0.4 is 0 Å². The molecule has 0 amide bonds. The number of hydrogen-bond donors (Lipinski definition) is 1. The molecule has 140 valence electrons. The van der Waals surface area contributed by atoms with E-state index in [4.69, 9.17) is 19.7 Å². The lowest BCUT2D eigenvalue weighted by molar-refractivity contribution is -0.305. The summed E-state index contributed by atoms with van der Waals surface area (Å²) >= 11 is 1.41. The third-order valence-electron chi connectivity index (χ3n) is 4.59. The Morgan fingerprint density at radius 3 is 2.44 bits per heavy atom. The van der Waals surface area contributed by atoms with Crippen LogP contribution in [0.1, 0.15) is 11.9 Å². The summed E-state index contributed by atoms with van der Waals surface area (Å²) < 4.78 is 17.9. The third-order valence-corrected chi connectivity index (χ3v) is 5.75. The molecule has 0 aliphatic carbocycles. The summed E-state index contributed by atoms with van der Waals surface area (Å²) in [6.45, 7) is 0.288. The first kappa shape index (κ1) is 18.3. The highest BCUT2D eigenvalue weighted by Gasteiger charge is 2.49. The number of azide groups is 1. The van der Waals surface area contributed by atoms with Gasteiger partial charge < -0.3 is 19.3 Å². The largest absolute Gasteiger partial charge is 0.390 e. The average molecular weight is 385 g/mol. The van der Waals surface area contributed by atoms with Crippen LogP contribution in [0.2, 0.25) is 0 Å². The normalized spacial score (nSPS) is 32.9. The number of ether oxygens (including phenoxy) is 3. The van der Waals surface area contributed by atoms with E-state index in [0.717, 1.165) is 10.5 Å². The summed E-state index contributed by atoms with van der Waals surface area (Å²) in [6.07, 6.45) is -2.65. The lowest BCUT2D eigenvalue weighted by Crippen LogP contribution is -2.60. The quantitative estimate of drug-likeness (QED) is 0.492. The van der Waals surface area contributed by atoms with Gasteiger partial charge >= 0.3 is 0 Å². The first-order valence-corrected chi connectivity index (χ1v) is 9.55. The maximum absolute atomic E-state index is 10.9. The van der Waals surface area contributed by atoms with Crippen molar-refractivity contribution >= 4 is 11.8 Å². The second-order valence-corrected chi connectivity index (χ2v) is 7.51. The SMILES string of the molecule is [N-]=[N+]=NC1[C@@H](O)[C@@H]2OC(c3ccccc3)OCC2O[C@H]1Sc1ccccc1. The Kier molecular flexibility index (Phi) is 5.63. The second kappa shape index (κ2) is 8.31. The Morgan fingerprint density at radius 1 is 1.04 bits per heavy atom. The van der Waals surface area contributed by atoms with Crippen molar-refractivity contribution in [2.75, 3.05) is 6.61 Å². The fraction of sp³-hybridized carbons (Fsp3) is 0.368. The summed E-state index contributed by atoms with van der Waals surface area (Å²) in [4.78, 5) is 3.87. The van der Waals surface area contributed by atoms with Crippen molar-refractivity contribution in [3.05, 3.63) is 76.7 Å². The lowest BCUT2D eigenvalue weighted by Gasteiger charge is -2.46. The van der Waals surface area contributed by atoms with E-state index in [1.807, 2.05) is 60.7 Å². The number of thioether (sulfide) groups is 1. The number of benzene rings is 2. The minimum Gasteiger partial charge on any atom is -0.390 e. The molecule has 1 N–H and O–H groups in total. The molecule has 4 rings (SSSR count). The van der Waals surface area contributed by atoms with Gasteiger partial charge in [0.2, 0.25) is 0 Å². The molecule has 2 saturated heterocycles. The summed E-state index contributed by atoms with van der Waals surface area (Å²) in [5, 5.41) is 14.7. The van der Waals surface area contributed by atoms with Crippen molar-refractivity contribution in [3.63, 3.8) is 0 Å². The molecule has 0 aromatic heterocycles. The summed E-state index contributed by atoms with van der Waals surface area (Å²) in [5.41, 5.74) is 9.30. The van der Waals surface area contributed by atoms with Crippen LogP contribution in [0.5, 0.6) is 0 Å². The Labute approximate surface area is 160 Å². The summed E-state index contributed by atoms with van der Waals surface area (Å²) in [7, 11) is 0. The molecule has 3 unspecified atom stereocenters. The molecule has 2 fully saturated rings. The van der Waals surface area contributed by atoms with Crippen LogP contribution in [0.3, 0.4) is 0 Å². The predicted molar refractivity (Wildman–Crippen MR) is 99.9 cm³/mol. The van der Waals surface area contributed by atoms with Gasteiger partial charge in [0.1, 0.15) is 23.7 Å². The Bertz CT molecular complexity index is 803. The van der Waals surface area contributed by atoms with Gasteiger partial charge in [0.15, 0.2) is 6.29 Å². The molecule has 0 bridgehead atoms. The lowest BCUT2D eigenvalue weighted by atomic mass is 9.97. The zero-order chi connectivity index (χ0) is 18.6. The molecular formula is C19H19N3O4S. The van der Waals surface area contributed by atoms with Crippen molar-refractivity contribution in [2.24, 2.45) is 5.11 Å². The van der Waals surface area contributed by atoms with E-state index in [-0.39, 0.29) is 6.61 Å². The topological polar surface area (TPSA) is 96.7 Å². The van der Waals surface area contributed by atoms with E-state index < -0.39 is 36.1 Å². The van der Waals surface area contributed by atoms with Gasteiger partial charge in [0.05, 0.1) is 12.7 Å². The van der Waals surface area contributed by atoms with E-state index in [1.54, 1.807) is 0 Å². The molecule has 0 saturated carbocycles. The summed E-state index contributed by atoms with van der Waals surface area (Å²) in [5.74, 6) is 0.